The summed E-state index contributed by atoms with van der Waals surface area (Å²) >= 11 is 0. The van der Waals surface area contributed by atoms with Gasteiger partial charge in [-0.2, -0.15) is 5.10 Å². The molecule has 2 aromatic heterocycles. The number of ether oxygens (including phenoxy) is 2. The largest absolute Gasteiger partial charge is 0.508 e. The summed E-state index contributed by atoms with van der Waals surface area (Å²) in [7, 11) is 1.35. The molecule has 1 aliphatic rings. The SMILES string of the molecule is COC(=O)c1cc(-c2ccc(O)cc2)nc2c1cnn2C1CCCCO1. The van der Waals surface area contributed by atoms with E-state index in [9.17, 15) is 9.90 Å². The van der Waals surface area contributed by atoms with Crippen molar-refractivity contribution in [2.45, 2.75) is 25.5 Å². The van der Waals surface area contributed by atoms with E-state index in [0.29, 0.717) is 28.9 Å². The van der Waals surface area contributed by atoms with Gasteiger partial charge in [0.1, 0.15) is 5.75 Å². The van der Waals surface area contributed by atoms with E-state index in [1.54, 1.807) is 41.2 Å². The summed E-state index contributed by atoms with van der Waals surface area (Å²) < 4.78 is 12.5. The van der Waals surface area contributed by atoms with Gasteiger partial charge in [-0.25, -0.2) is 14.5 Å². The number of esters is 1. The summed E-state index contributed by atoms with van der Waals surface area (Å²) in [4.78, 5) is 17.0. The maximum absolute atomic E-state index is 12.3. The summed E-state index contributed by atoms with van der Waals surface area (Å²) in [6, 6.07) is 8.36. The van der Waals surface area contributed by atoms with E-state index in [2.05, 4.69) is 5.10 Å². The van der Waals surface area contributed by atoms with Crippen molar-refractivity contribution >= 4 is 17.0 Å². The molecule has 7 nitrogen and oxygen atoms in total. The predicted octanol–water partition coefficient (Wildman–Crippen LogP) is 3.29. The first-order chi connectivity index (χ1) is 12.7. The topological polar surface area (TPSA) is 86.5 Å². The Morgan fingerprint density at radius 2 is 2.12 bits per heavy atom. The van der Waals surface area contributed by atoms with Crippen LogP contribution in [0.2, 0.25) is 0 Å². The first kappa shape index (κ1) is 16.5. The van der Waals surface area contributed by atoms with E-state index in [-0.39, 0.29) is 12.0 Å². The van der Waals surface area contributed by atoms with Crippen LogP contribution in [0.1, 0.15) is 35.8 Å². The highest BCUT2D eigenvalue weighted by atomic mass is 16.5. The summed E-state index contributed by atoms with van der Waals surface area (Å²) in [6.07, 6.45) is 4.40. The smallest absolute Gasteiger partial charge is 0.338 e. The number of pyridine rings is 1. The first-order valence-corrected chi connectivity index (χ1v) is 8.55. The molecular formula is C19H19N3O4. The predicted molar refractivity (Wildman–Crippen MR) is 94.8 cm³/mol. The minimum atomic E-state index is -0.443. The van der Waals surface area contributed by atoms with Crippen molar-refractivity contribution in [2.75, 3.05) is 13.7 Å². The zero-order valence-electron chi connectivity index (χ0n) is 14.4. The van der Waals surface area contributed by atoms with Crippen LogP contribution >= 0.6 is 0 Å². The molecule has 0 bridgehead atoms. The molecule has 26 heavy (non-hydrogen) atoms. The third-order valence-electron chi connectivity index (χ3n) is 4.56. The maximum Gasteiger partial charge on any atom is 0.338 e. The van der Waals surface area contributed by atoms with E-state index in [1.807, 2.05) is 0 Å². The van der Waals surface area contributed by atoms with Gasteiger partial charge < -0.3 is 14.6 Å². The molecule has 3 heterocycles. The maximum atomic E-state index is 12.3. The van der Waals surface area contributed by atoms with Crippen molar-refractivity contribution in [3.05, 3.63) is 42.1 Å². The molecule has 1 saturated heterocycles. The third-order valence-corrected chi connectivity index (χ3v) is 4.56. The molecule has 0 aliphatic carbocycles. The molecule has 1 aliphatic heterocycles. The number of phenolic OH excluding ortho intramolecular Hbond substituents is 1. The Kier molecular flexibility index (Phi) is 4.30. The molecule has 0 amide bonds. The van der Waals surface area contributed by atoms with Crippen molar-refractivity contribution in [1.29, 1.82) is 0 Å². The molecule has 3 aromatic rings. The highest BCUT2D eigenvalue weighted by Gasteiger charge is 2.23. The van der Waals surface area contributed by atoms with Gasteiger partial charge in [-0.05, 0) is 49.6 Å². The van der Waals surface area contributed by atoms with Crippen LogP contribution in [0.3, 0.4) is 0 Å². The fourth-order valence-electron chi connectivity index (χ4n) is 3.20. The number of rotatable bonds is 3. The average Bonchev–Trinajstić information content (AvgIpc) is 3.12. The van der Waals surface area contributed by atoms with Crippen LogP contribution in [-0.4, -0.2) is 39.6 Å². The lowest BCUT2D eigenvalue weighted by atomic mass is 10.1. The van der Waals surface area contributed by atoms with E-state index in [1.165, 1.54) is 7.11 Å². The van der Waals surface area contributed by atoms with Crippen molar-refractivity contribution in [2.24, 2.45) is 0 Å². The Balaban J connectivity index is 1.89. The molecule has 1 fully saturated rings. The zero-order chi connectivity index (χ0) is 18.1. The highest BCUT2D eigenvalue weighted by molar-refractivity contribution is 6.03. The Labute approximate surface area is 150 Å². The van der Waals surface area contributed by atoms with Crippen molar-refractivity contribution in [3.8, 4) is 17.0 Å². The van der Waals surface area contributed by atoms with Gasteiger partial charge in [0.25, 0.3) is 0 Å². The number of hydrogen-bond donors (Lipinski definition) is 1. The normalized spacial score (nSPS) is 17.3. The molecule has 1 N–H and O–H groups in total. The molecule has 134 valence electrons. The number of fused-ring (bicyclic) bond motifs is 1. The lowest BCUT2D eigenvalue weighted by molar-refractivity contribution is -0.0370. The van der Waals surface area contributed by atoms with Crippen LogP contribution in [0.15, 0.2) is 36.5 Å². The van der Waals surface area contributed by atoms with Crippen molar-refractivity contribution in [3.63, 3.8) is 0 Å². The minimum Gasteiger partial charge on any atom is -0.508 e. The van der Waals surface area contributed by atoms with Gasteiger partial charge in [0.05, 0.1) is 30.0 Å². The standard InChI is InChI=1S/C19H19N3O4/c1-25-19(24)14-10-16(12-5-7-13(23)8-6-12)21-18-15(14)11-20-22(18)17-4-2-3-9-26-17/h5-8,10-11,17,23H,2-4,9H2,1H3. The number of carbonyl (C=O) groups is 1. The monoisotopic (exact) mass is 353 g/mol. The number of benzene rings is 1. The molecular weight excluding hydrogens is 334 g/mol. The van der Waals surface area contributed by atoms with Gasteiger partial charge in [-0.15, -0.1) is 0 Å². The minimum absolute atomic E-state index is 0.170. The number of aromatic hydroxyl groups is 1. The second kappa shape index (κ2) is 6.76. The van der Waals surface area contributed by atoms with Crippen molar-refractivity contribution < 1.29 is 19.4 Å². The molecule has 0 radical (unpaired) electrons. The Bertz CT molecular complexity index is 943. The quantitative estimate of drug-likeness (QED) is 0.727. The van der Waals surface area contributed by atoms with Gasteiger partial charge in [0.15, 0.2) is 11.9 Å². The Morgan fingerprint density at radius 3 is 2.81 bits per heavy atom. The number of methoxy groups -OCH3 is 1. The molecule has 1 atom stereocenters. The first-order valence-electron chi connectivity index (χ1n) is 8.55. The number of carbonyl (C=O) groups excluding carboxylic acids is 1. The fourth-order valence-corrected chi connectivity index (χ4v) is 3.20. The van der Waals surface area contributed by atoms with Crippen LogP contribution < -0.4 is 0 Å². The van der Waals surface area contributed by atoms with E-state index >= 15 is 0 Å². The number of hydrogen-bond acceptors (Lipinski definition) is 6. The van der Waals surface area contributed by atoms with Crippen LogP contribution in [-0.2, 0) is 9.47 Å². The van der Waals surface area contributed by atoms with Crippen LogP contribution in [0, 0.1) is 0 Å². The average molecular weight is 353 g/mol. The number of phenols is 1. The van der Waals surface area contributed by atoms with Gasteiger partial charge in [-0.1, -0.05) is 0 Å². The van der Waals surface area contributed by atoms with Gasteiger partial charge in [0.2, 0.25) is 0 Å². The molecule has 1 aromatic carbocycles. The van der Waals surface area contributed by atoms with Crippen LogP contribution in [0.25, 0.3) is 22.3 Å². The molecule has 0 saturated carbocycles. The lowest BCUT2D eigenvalue weighted by Crippen LogP contribution is -2.19. The number of aromatic nitrogens is 3. The number of nitrogens with zero attached hydrogens (tertiary/aromatic N) is 3. The second-order valence-corrected chi connectivity index (χ2v) is 6.24. The highest BCUT2D eigenvalue weighted by Crippen LogP contribution is 2.30. The molecule has 0 spiro atoms. The molecule has 7 heteroatoms. The molecule has 4 rings (SSSR count). The summed E-state index contributed by atoms with van der Waals surface area (Å²) in [5.74, 6) is -0.273. The Morgan fingerprint density at radius 1 is 1.31 bits per heavy atom. The van der Waals surface area contributed by atoms with Crippen molar-refractivity contribution in [1.82, 2.24) is 14.8 Å². The lowest BCUT2D eigenvalue weighted by Gasteiger charge is -2.23. The Hall–Kier alpha value is -2.93. The van der Waals surface area contributed by atoms with Gasteiger partial charge in [0, 0.05) is 12.2 Å². The van der Waals surface area contributed by atoms with Crippen LogP contribution in [0.4, 0.5) is 0 Å². The summed E-state index contributed by atoms with van der Waals surface area (Å²) in [5.41, 5.74) is 2.38. The summed E-state index contributed by atoms with van der Waals surface area (Å²) in [5, 5.41) is 14.6. The third kappa shape index (κ3) is 2.90. The van der Waals surface area contributed by atoms with Gasteiger partial charge >= 0.3 is 5.97 Å². The summed E-state index contributed by atoms with van der Waals surface area (Å²) in [6.45, 7) is 0.688. The van der Waals surface area contributed by atoms with E-state index in [4.69, 9.17) is 14.5 Å². The zero-order valence-corrected chi connectivity index (χ0v) is 14.4. The molecule has 1 unspecified atom stereocenters. The van der Waals surface area contributed by atoms with Gasteiger partial charge in [-0.3, -0.25) is 0 Å². The van der Waals surface area contributed by atoms with E-state index < -0.39 is 5.97 Å². The second-order valence-electron chi connectivity index (χ2n) is 6.24. The van der Waals surface area contributed by atoms with Crippen LogP contribution in [0.5, 0.6) is 5.75 Å². The fraction of sp³-hybridized carbons (Fsp3) is 0.316. The van der Waals surface area contributed by atoms with E-state index in [0.717, 1.165) is 24.8 Å².